The Kier molecular flexibility index (Phi) is 5.20. The number of aromatic nitrogens is 6. The monoisotopic (exact) mass is 485 g/mol. The van der Waals surface area contributed by atoms with Crippen LogP contribution in [0.25, 0.3) is 28.3 Å². The summed E-state index contributed by atoms with van der Waals surface area (Å²) in [6, 6.07) is 4.03. The Balaban J connectivity index is 1.42. The Morgan fingerprint density at radius 3 is 2.53 bits per heavy atom. The van der Waals surface area contributed by atoms with Crippen LogP contribution in [0.1, 0.15) is 54.6 Å². The van der Waals surface area contributed by atoms with Crippen molar-refractivity contribution >= 4 is 23.3 Å². The third kappa shape index (κ3) is 3.42. The third-order valence-electron chi connectivity index (χ3n) is 7.45. The maximum absolute atomic E-state index is 12.7. The van der Waals surface area contributed by atoms with Crippen LogP contribution < -0.4 is 11.1 Å². The lowest BCUT2D eigenvalue weighted by Crippen LogP contribution is -2.49. The highest BCUT2D eigenvalue weighted by molar-refractivity contribution is 6.00. The minimum absolute atomic E-state index is 0.0248. The molecular formula is C25H27N9O2. The molecule has 6 rings (SSSR count). The number of aromatic amines is 1. The first-order chi connectivity index (χ1) is 17.5. The molecule has 4 aromatic heterocycles. The zero-order valence-corrected chi connectivity index (χ0v) is 20.1. The van der Waals surface area contributed by atoms with Gasteiger partial charge < -0.3 is 20.9 Å². The Morgan fingerprint density at radius 2 is 1.92 bits per heavy atom. The first-order valence-corrected chi connectivity index (χ1v) is 12.1. The number of imidazole rings is 1. The van der Waals surface area contributed by atoms with Gasteiger partial charge in [0.2, 0.25) is 0 Å². The number of amides is 2. The van der Waals surface area contributed by atoms with Gasteiger partial charge in [0.25, 0.3) is 0 Å². The van der Waals surface area contributed by atoms with Crippen molar-refractivity contribution in [3.63, 3.8) is 0 Å². The van der Waals surface area contributed by atoms with Gasteiger partial charge in [-0.25, -0.2) is 14.8 Å². The predicted octanol–water partition coefficient (Wildman–Crippen LogP) is 3.02. The van der Waals surface area contributed by atoms with Gasteiger partial charge in [-0.15, -0.1) is 0 Å². The molecule has 2 fully saturated rings. The van der Waals surface area contributed by atoms with Crippen LogP contribution in [-0.4, -0.2) is 65.4 Å². The highest BCUT2D eigenvalue weighted by atomic mass is 16.2. The van der Waals surface area contributed by atoms with Gasteiger partial charge in [0, 0.05) is 54.8 Å². The Hall–Kier alpha value is -4.28. The average Bonchev–Trinajstić information content (AvgIpc) is 3.62. The van der Waals surface area contributed by atoms with E-state index in [2.05, 4.69) is 25.4 Å². The normalized spacial score (nSPS) is 21.2. The fourth-order valence-electron chi connectivity index (χ4n) is 5.85. The minimum Gasteiger partial charge on any atom is -0.383 e. The highest BCUT2D eigenvalue weighted by Gasteiger charge is 2.44. The van der Waals surface area contributed by atoms with E-state index in [0.717, 1.165) is 42.5 Å². The summed E-state index contributed by atoms with van der Waals surface area (Å²) in [5.41, 5.74) is 10.6. The lowest BCUT2D eigenvalue weighted by Gasteiger charge is -2.38. The van der Waals surface area contributed by atoms with Gasteiger partial charge in [0.05, 0.1) is 17.5 Å². The summed E-state index contributed by atoms with van der Waals surface area (Å²) in [7, 11) is 1.66. The van der Waals surface area contributed by atoms with E-state index in [4.69, 9.17) is 10.7 Å². The van der Waals surface area contributed by atoms with E-state index in [1.54, 1.807) is 31.8 Å². The van der Waals surface area contributed by atoms with Crippen molar-refractivity contribution in [1.82, 2.24) is 39.8 Å². The van der Waals surface area contributed by atoms with Crippen LogP contribution in [0.4, 0.5) is 10.6 Å². The number of Topliss-reactive ketones (excluding diaryl/α,β-unsaturated/α-hetero) is 1. The Labute approximate surface area is 207 Å². The number of rotatable bonds is 4. The number of nitrogens with one attached hydrogen (secondary N) is 2. The van der Waals surface area contributed by atoms with E-state index >= 15 is 0 Å². The molecule has 0 unspecified atom stereocenters. The number of urea groups is 1. The van der Waals surface area contributed by atoms with E-state index in [0.29, 0.717) is 22.7 Å². The SMILES string of the molecule is CNC(=O)N1[C@@H]2CC[C@H]1C[C@@H](c1nc3c(-c4ccc(-c5ncc[nH]5)nc4)cnn3c(N)c1C(C)=O)C2. The zero-order valence-electron chi connectivity index (χ0n) is 20.1. The van der Waals surface area contributed by atoms with Crippen molar-refractivity contribution in [3.8, 4) is 22.6 Å². The van der Waals surface area contributed by atoms with Crippen LogP contribution in [0, 0.1) is 0 Å². The number of pyridine rings is 1. The summed E-state index contributed by atoms with van der Waals surface area (Å²) < 4.78 is 1.53. The van der Waals surface area contributed by atoms with Crippen LogP contribution in [-0.2, 0) is 0 Å². The molecule has 6 heterocycles. The molecule has 0 aliphatic carbocycles. The second kappa shape index (κ2) is 8.43. The first-order valence-electron chi connectivity index (χ1n) is 12.1. The van der Waals surface area contributed by atoms with E-state index in [1.807, 2.05) is 17.0 Å². The van der Waals surface area contributed by atoms with Gasteiger partial charge in [-0.1, -0.05) is 6.07 Å². The van der Waals surface area contributed by atoms with Crippen LogP contribution in [0.2, 0.25) is 0 Å². The second-order valence-electron chi connectivity index (χ2n) is 9.49. The lowest BCUT2D eigenvalue weighted by molar-refractivity contribution is 0.101. The molecule has 4 aromatic rings. The lowest BCUT2D eigenvalue weighted by atomic mass is 9.85. The van der Waals surface area contributed by atoms with Gasteiger partial charge in [0.1, 0.15) is 11.5 Å². The van der Waals surface area contributed by atoms with E-state index < -0.39 is 0 Å². The molecule has 2 bridgehead atoms. The molecule has 4 N–H and O–H groups in total. The number of hydrogen-bond acceptors (Lipinski definition) is 7. The molecule has 0 radical (unpaired) electrons. The molecule has 36 heavy (non-hydrogen) atoms. The molecule has 2 aliphatic rings. The number of H-pyrrole nitrogens is 1. The van der Waals surface area contributed by atoms with Gasteiger partial charge in [-0.2, -0.15) is 9.61 Å². The molecule has 11 nitrogen and oxygen atoms in total. The number of piperidine rings is 1. The zero-order chi connectivity index (χ0) is 25.0. The van der Waals surface area contributed by atoms with Crippen molar-refractivity contribution in [3.05, 3.63) is 48.2 Å². The van der Waals surface area contributed by atoms with E-state index in [-0.39, 0.29) is 35.6 Å². The number of anilines is 1. The highest BCUT2D eigenvalue weighted by Crippen LogP contribution is 2.44. The molecule has 184 valence electrons. The summed E-state index contributed by atoms with van der Waals surface area (Å²) in [4.78, 5) is 44.0. The number of ketones is 1. The van der Waals surface area contributed by atoms with Gasteiger partial charge in [-0.3, -0.25) is 9.78 Å². The number of carbonyl (C=O) groups excluding carboxylic acids is 2. The molecule has 3 atom stereocenters. The maximum atomic E-state index is 12.7. The van der Waals surface area contributed by atoms with Crippen molar-refractivity contribution < 1.29 is 9.59 Å². The van der Waals surface area contributed by atoms with Crippen LogP contribution in [0.5, 0.6) is 0 Å². The topological polar surface area (TPSA) is 147 Å². The van der Waals surface area contributed by atoms with E-state index in [9.17, 15) is 9.59 Å². The number of nitrogens with zero attached hydrogens (tertiary/aromatic N) is 6. The maximum Gasteiger partial charge on any atom is 0.317 e. The molecule has 2 saturated heterocycles. The fourth-order valence-corrected chi connectivity index (χ4v) is 5.85. The summed E-state index contributed by atoms with van der Waals surface area (Å²) in [6.07, 6.45) is 10.3. The fraction of sp³-hybridized carbons (Fsp3) is 0.360. The number of carbonyl (C=O) groups is 2. The largest absolute Gasteiger partial charge is 0.383 e. The van der Waals surface area contributed by atoms with Crippen LogP contribution >= 0.6 is 0 Å². The third-order valence-corrected chi connectivity index (χ3v) is 7.45. The molecule has 2 amide bonds. The molecular weight excluding hydrogens is 458 g/mol. The van der Waals surface area contributed by atoms with Crippen LogP contribution in [0.3, 0.4) is 0 Å². The smallest absolute Gasteiger partial charge is 0.317 e. The van der Waals surface area contributed by atoms with Crippen molar-refractivity contribution in [2.45, 2.75) is 50.6 Å². The minimum atomic E-state index is -0.139. The summed E-state index contributed by atoms with van der Waals surface area (Å²) in [5, 5.41) is 7.22. The van der Waals surface area contributed by atoms with Crippen molar-refractivity contribution in [2.24, 2.45) is 0 Å². The van der Waals surface area contributed by atoms with Gasteiger partial charge in [0.15, 0.2) is 17.3 Å². The number of nitrogen functional groups attached to an aromatic ring is 1. The average molecular weight is 486 g/mol. The van der Waals surface area contributed by atoms with Crippen LogP contribution in [0.15, 0.2) is 36.9 Å². The summed E-state index contributed by atoms with van der Waals surface area (Å²) in [5.74, 6) is 0.862. The second-order valence-corrected chi connectivity index (χ2v) is 9.49. The quantitative estimate of drug-likeness (QED) is 0.376. The molecule has 0 saturated carbocycles. The first kappa shape index (κ1) is 22.2. The summed E-state index contributed by atoms with van der Waals surface area (Å²) in [6.45, 7) is 1.51. The van der Waals surface area contributed by atoms with Crippen molar-refractivity contribution in [1.29, 1.82) is 0 Å². The number of hydrogen-bond donors (Lipinski definition) is 3. The van der Waals surface area contributed by atoms with Gasteiger partial charge in [-0.05, 0) is 38.7 Å². The summed E-state index contributed by atoms with van der Waals surface area (Å²) >= 11 is 0. The number of nitrogens with two attached hydrogens (primary N) is 1. The van der Waals surface area contributed by atoms with Gasteiger partial charge >= 0.3 is 6.03 Å². The Bertz CT molecular complexity index is 1450. The Morgan fingerprint density at radius 1 is 1.14 bits per heavy atom. The standard InChI is InChI=1S/C25H27N9O2/c1-13(35)20-21(15-9-16-4-5-17(10-15)33(16)25(36)27-2)32-24-18(12-31-34(24)22(20)26)14-3-6-19(30-11-14)23-28-7-8-29-23/h3,6-8,11-12,15-17H,4-5,9-10,26H2,1-2H3,(H,27,36)(H,28,29)/t15-,16+,17-. The number of fused-ring (bicyclic) bond motifs is 3. The predicted molar refractivity (Wildman–Crippen MR) is 133 cm³/mol. The van der Waals surface area contributed by atoms with Crippen molar-refractivity contribution in [2.75, 3.05) is 12.8 Å². The molecule has 0 spiro atoms. The molecule has 2 aliphatic heterocycles. The van der Waals surface area contributed by atoms with E-state index in [1.165, 1.54) is 11.4 Å². The molecule has 11 heteroatoms. The molecule has 0 aromatic carbocycles.